The molecule has 0 saturated carbocycles. The molecule has 0 bridgehead atoms. The molecule has 6 heteroatoms. The van der Waals surface area contributed by atoms with Crippen LogP contribution < -0.4 is 10.6 Å². The summed E-state index contributed by atoms with van der Waals surface area (Å²) in [5, 5.41) is 9.25. The number of thioether (sulfide) groups is 1. The standard InChI is InChI=1S/C19H16ClFN2OS/c20-13-5-3-12(4-6-13)15-10-25-19-17(15)18(24)22-16(23-19)9-11-1-7-14(21)8-2-11/h1-8,10,16-17,19,23H,9H2,(H,22,24). The average Bonchev–Trinajstić information content (AvgIpc) is 3.02. The molecule has 0 aliphatic carbocycles. The van der Waals surface area contributed by atoms with Crippen LogP contribution in [-0.4, -0.2) is 17.4 Å². The normalized spacial score (nSPS) is 25.3. The summed E-state index contributed by atoms with van der Waals surface area (Å²) in [6.07, 6.45) is 0.455. The molecule has 2 N–H and O–H groups in total. The first-order valence-corrected chi connectivity index (χ1v) is 9.34. The van der Waals surface area contributed by atoms with Gasteiger partial charge in [-0.05, 0) is 46.4 Å². The first kappa shape index (κ1) is 16.6. The van der Waals surface area contributed by atoms with E-state index in [9.17, 15) is 9.18 Å². The van der Waals surface area contributed by atoms with E-state index < -0.39 is 0 Å². The number of carbonyl (C=O) groups is 1. The summed E-state index contributed by atoms with van der Waals surface area (Å²) in [5.41, 5.74) is 3.00. The van der Waals surface area contributed by atoms with Gasteiger partial charge >= 0.3 is 0 Å². The van der Waals surface area contributed by atoms with E-state index in [1.54, 1.807) is 23.9 Å². The second kappa shape index (κ2) is 6.83. The number of fused-ring (bicyclic) bond motifs is 1. The smallest absolute Gasteiger partial charge is 0.231 e. The molecule has 2 aliphatic heterocycles. The first-order valence-electron chi connectivity index (χ1n) is 8.02. The fourth-order valence-corrected chi connectivity index (χ4v) is 4.61. The van der Waals surface area contributed by atoms with E-state index in [2.05, 4.69) is 10.6 Å². The van der Waals surface area contributed by atoms with Crippen LogP contribution in [0.15, 0.2) is 53.9 Å². The van der Waals surface area contributed by atoms with Crippen molar-refractivity contribution in [3.8, 4) is 0 Å². The Labute approximate surface area is 154 Å². The second-order valence-electron chi connectivity index (χ2n) is 6.17. The molecule has 1 saturated heterocycles. The van der Waals surface area contributed by atoms with E-state index in [1.807, 2.05) is 29.7 Å². The molecule has 4 rings (SSSR count). The fourth-order valence-electron chi connectivity index (χ4n) is 3.23. The molecule has 3 atom stereocenters. The largest absolute Gasteiger partial charge is 0.340 e. The summed E-state index contributed by atoms with van der Waals surface area (Å²) in [5.74, 6) is -0.467. The lowest BCUT2D eigenvalue weighted by Gasteiger charge is -2.34. The van der Waals surface area contributed by atoms with Crippen molar-refractivity contribution in [2.45, 2.75) is 18.0 Å². The number of hydrogen-bond acceptors (Lipinski definition) is 3. The maximum Gasteiger partial charge on any atom is 0.231 e. The number of halogens is 2. The van der Waals surface area contributed by atoms with E-state index in [0.717, 1.165) is 16.7 Å². The highest BCUT2D eigenvalue weighted by atomic mass is 35.5. The van der Waals surface area contributed by atoms with Crippen molar-refractivity contribution < 1.29 is 9.18 Å². The Morgan fingerprint density at radius 1 is 1.08 bits per heavy atom. The number of rotatable bonds is 3. The summed E-state index contributed by atoms with van der Waals surface area (Å²) in [4.78, 5) is 12.7. The average molecular weight is 375 g/mol. The topological polar surface area (TPSA) is 41.1 Å². The molecule has 2 aromatic rings. The van der Waals surface area contributed by atoms with Crippen LogP contribution in [0.25, 0.3) is 5.57 Å². The van der Waals surface area contributed by atoms with E-state index in [4.69, 9.17) is 11.6 Å². The molecule has 25 heavy (non-hydrogen) atoms. The molecular weight excluding hydrogens is 359 g/mol. The van der Waals surface area contributed by atoms with Gasteiger partial charge in [0.2, 0.25) is 5.91 Å². The van der Waals surface area contributed by atoms with Crippen molar-refractivity contribution in [3.63, 3.8) is 0 Å². The lowest BCUT2D eigenvalue weighted by Crippen LogP contribution is -2.60. The number of nitrogens with one attached hydrogen (secondary N) is 2. The van der Waals surface area contributed by atoms with Gasteiger partial charge in [0.15, 0.2) is 0 Å². The van der Waals surface area contributed by atoms with Crippen molar-refractivity contribution in [2.75, 3.05) is 0 Å². The summed E-state index contributed by atoms with van der Waals surface area (Å²) < 4.78 is 13.0. The molecule has 2 aromatic carbocycles. The van der Waals surface area contributed by atoms with Crippen molar-refractivity contribution in [3.05, 3.63) is 75.9 Å². The van der Waals surface area contributed by atoms with Crippen LogP contribution in [0.5, 0.6) is 0 Å². The van der Waals surface area contributed by atoms with Gasteiger partial charge in [-0.15, -0.1) is 11.8 Å². The predicted molar refractivity (Wildman–Crippen MR) is 99.5 cm³/mol. The highest BCUT2D eigenvalue weighted by Crippen LogP contribution is 2.42. The number of carbonyl (C=O) groups excluding carboxylic acids is 1. The van der Waals surface area contributed by atoms with Crippen LogP contribution in [-0.2, 0) is 11.2 Å². The van der Waals surface area contributed by atoms with Crippen molar-refractivity contribution in [1.29, 1.82) is 0 Å². The minimum atomic E-state index is -0.257. The van der Waals surface area contributed by atoms with Gasteiger partial charge in [0.1, 0.15) is 5.82 Å². The SMILES string of the molecule is O=C1NC(Cc2ccc(F)cc2)NC2SC=C(c3ccc(Cl)cc3)C12. The molecule has 2 heterocycles. The van der Waals surface area contributed by atoms with E-state index in [-0.39, 0.29) is 29.2 Å². The monoisotopic (exact) mass is 374 g/mol. The third kappa shape index (κ3) is 3.45. The van der Waals surface area contributed by atoms with Gasteiger partial charge in [-0.3, -0.25) is 10.1 Å². The van der Waals surface area contributed by atoms with Crippen molar-refractivity contribution in [2.24, 2.45) is 5.92 Å². The first-order chi connectivity index (χ1) is 12.1. The van der Waals surface area contributed by atoms with Crippen molar-refractivity contribution >= 4 is 34.8 Å². The summed E-state index contributed by atoms with van der Waals surface area (Å²) >= 11 is 7.58. The molecule has 3 nitrogen and oxygen atoms in total. The highest BCUT2D eigenvalue weighted by molar-refractivity contribution is 8.03. The van der Waals surface area contributed by atoms with Gasteiger partial charge in [0, 0.05) is 11.4 Å². The zero-order valence-electron chi connectivity index (χ0n) is 13.2. The molecule has 1 fully saturated rings. The van der Waals surface area contributed by atoms with E-state index in [0.29, 0.717) is 11.4 Å². The van der Waals surface area contributed by atoms with Crippen LogP contribution in [0.4, 0.5) is 4.39 Å². The Bertz CT molecular complexity index is 822. The Morgan fingerprint density at radius 3 is 2.52 bits per heavy atom. The van der Waals surface area contributed by atoms with Gasteiger partial charge in [0.25, 0.3) is 0 Å². The summed E-state index contributed by atoms with van der Waals surface area (Å²) in [6, 6.07) is 13.9. The van der Waals surface area contributed by atoms with Crippen LogP contribution in [0, 0.1) is 11.7 Å². The maximum atomic E-state index is 13.0. The Kier molecular flexibility index (Phi) is 4.54. The molecular formula is C19H16ClFN2OS. The number of amides is 1. The third-order valence-corrected chi connectivity index (χ3v) is 5.82. The van der Waals surface area contributed by atoms with Gasteiger partial charge in [-0.1, -0.05) is 35.9 Å². The maximum absolute atomic E-state index is 13.0. The van der Waals surface area contributed by atoms with Gasteiger partial charge in [0.05, 0.1) is 17.5 Å². The number of hydrogen-bond donors (Lipinski definition) is 2. The minimum absolute atomic E-state index is 0.00452. The Morgan fingerprint density at radius 2 is 1.80 bits per heavy atom. The second-order valence-corrected chi connectivity index (χ2v) is 7.63. The highest BCUT2D eigenvalue weighted by Gasteiger charge is 2.42. The lowest BCUT2D eigenvalue weighted by molar-refractivity contribution is -0.126. The Balaban J connectivity index is 1.48. The Hall–Kier alpha value is -1.82. The molecule has 0 aromatic heterocycles. The van der Waals surface area contributed by atoms with Gasteiger partial charge in [-0.2, -0.15) is 0 Å². The quantitative estimate of drug-likeness (QED) is 0.858. The molecule has 0 spiro atoms. The predicted octanol–water partition coefficient (Wildman–Crippen LogP) is 3.80. The molecule has 3 unspecified atom stereocenters. The van der Waals surface area contributed by atoms with Crippen LogP contribution in [0.2, 0.25) is 5.02 Å². The van der Waals surface area contributed by atoms with Crippen LogP contribution >= 0.6 is 23.4 Å². The van der Waals surface area contributed by atoms with E-state index >= 15 is 0 Å². The molecule has 128 valence electrons. The summed E-state index contributed by atoms with van der Waals surface area (Å²) in [7, 11) is 0. The minimum Gasteiger partial charge on any atom is -0.340 e. The van der Waals surface area contributed by atoms with Gasteiger partial charge in [-0.25, -0.2) is 4.39 Å². The fraction of sp³-hybridized carbons (Fsp3) is 0.211. The molecule has 1 amide bonds. The molecule has 0 radical (unpaired) electrons. The summed E-state index contributed by atoms with van der Waals surface area (Å²) in [6.45, 7) is 0. The third-order valence-electron chi connectivity index (χ3n) is 4.47. The van der Waals surface area contributed by atoms with Crippen molar-refractivity contribution in [1.82, 2.24) is 10.6 Å². The number of benzene rings is 2. The zero-order chi connectivity index (χ0) is 17.4. The van der Waals surface area contributed by atoms with Gasteiger partial charge < -0.3 is 5.32 Å². The lowest BCUT2D eigenvalue weighted by atomic mass is 9.91. The molecule has 2 aliphatic rings. The van der Waals surface area contributed by atoms with Crippen LogP contribution in [0.1, 0.15) is 11.1 Å². The van der Waals surface area contributed by atoms with E-state index in [1.165, 1.54) is 12.1 Å². The van der Waals surface area contributed by atoms with Crippen LogP contribution in [0.3, 0.4) is 0 Å². The zero-order valence-corrected chi connectivity index (χ0v) is 14.8.